The third-order valence-corrected chi connectivity index (χ3v) is 5.22. The van der Waals surface area contributed by atoms with E-state index in [9.17, 15) is 4.79 Å². The third-order valence-electron chi connectivity index (χ3n) is 5.22. The molecule has 26 heavy (non-hydrogen) atoms. The van der Waals surface area contributed by atoms with Crippen LogP contribution < -0.4 is 10.1 Å². The number of ether oxygens (including phenoxy) is 1. The summed E-state index contributed by atoms with van der Waals surface area (Å²) in [4.78, 5) is 15.2. The second-order valence-corrected chi connectivity index (χ2v) is 6.65. The van der Waals surface area contributed by atoms with Crippen molar-refractivity contribution >= 4 is 11.6 Å². The highest BCUT2D eigenvalue weighted by atomic mass is 16.5. The van der Waals surface area contributed by atoms with Gasteiger partial charge in [-0.1, -0.05) is 23.4 Å². The Morgan fingerprint density at radius 3 is 2.92 bits per heavy atom. The van der Waals surface area contributed by atoms with Crippen LogP contribution in [0.4, 0.5) is 5.69 Å². The SMILES string of the molecule is COc1ccc2c(c1)NC1(C)c3ccccc3-n3nncc3CN1C2=O. The summed E-state index contributed by atoms with van der Waals surface area (Å²) in [5, 5.41) is 11.8. The molecule has 2 aliphatic heterocycles. The lowest BCUT2D eigenvalue weighted by atomic mass is 9.92. The number of fused-ring (bicyclic) bond motifs is 6. The maximum Gasteiger partial charge on any atom is 0.258 e. The zero-order valence-electron chi connectivity index (χ0n) is 14.4. The van der Waals surface area contributed by atoms with Gasteiger partial charge in [-0.2, -0.15) is 0 Å². The highest BCUT2D eigenvalue weighted by molar-refractivity contribution is 6.02. The molecule has 130 valence electrons. The predicted octanol–water partition coefficient (Wildman–Crippen LogP) is 2.53. The van der Waals surface area contributed by atoms with E-state index in [1.807, 2.05) is 42.2 Å². The Kier molecular flexibility index (Phi) is 2.92. The summed E-state index contributed by atoms with van der Waals surface area (Å²) < 4.78 is 7.13. The summed E-state index contributed by atoms with van der Waals surface area (Å²) in [6.07, 6.45) is 1.71. The van der Waals surface area contributed by atoms with Crippen LogP contribution in [-0.2, 0) is 12.2 Å². The van der Waals surface area contributed by atoms with Gasteiger partial charge in [-0.05, 0) is 25.1 Å². The highest BCUT2D eigenvalue weighted by Crippen LogP contribution is 2.43. The minimum atomic E-state index is -0.715. The lowest BCUT2D eigenvalue weighted by Crippen LogP contribution is -2.55. The van der Waals surface area contributed by atoms with Gasteiger partial charge in [0, 0.05) is 11.6 Å². The lowest BCUT2D eigenvalue weighted by molar-refractivity contribution is 0.0513. The first-order valence-corrected chi connectivity index (χ1v) is 8.39. The summed E-state index contributed by atoms with van der Waals surface area (Å²) in [6, 6.07) is 13.4. The van der Waals surface area contributed by atoms with Gasteiger partial charge in [0.15, 0.2) is 0 Å². The maximum absolute atomic E-state index is 13.3. The van der Waals surface area contributed by atoms with Crippen molar-refractivity contribution in [3.63, 3.8) is 0 Å². The van der Waals surface area contributed by atoms with Crippen LogP contribution in [0.1, 0.15) is 28.5 Å². The zero-order valence-corrected chi connectivity index (χ0v) is 14.4. The number of amides is 1. The molecule has 1 unspecified atom stereocenters. The Morgan fingerprint density at radius 2 is 2.08 bits per heavy atom. The molecular formula is C19H17N5O2. The molecule has 3 heterocycles. The Balaban J connectivity index is 1.77. The van der Waals surface area contributed by atoms with E-state index in [0.29, 0.717) is 17.9 Å². The van der Waals surface area contributed by atoms with Gasteiger partial charge in [0.1, 0.15) is 11.4 Å². The van der Waals surface area contributed by atoms with Gasteiger partial charge < -0.3 is 15.0 Å². The number of nitrogens with one attached hydrogen (secondary N) is 1. The van der Waals surface area contributed by atoms with Crippen molar-refractivity contribution in [1.82, 2.24) is 19.9 Å². The Morgan fingerprint density at radius 1 is 1.23 bits per heavy atom. The van der Waals surface area contributed by atoms with Crippen LogP contribution in [0.3, 0.4) is 0 Å². The van der Waals surface area contributed by atoms with E-state index in [2.05, 4.69) is 15.6 Å². The topological polar surface area (TPSA) is 72.3 Å². The highest BCUT2D eigenvalue weighted by Gasteiger charge is 2.46. The molecule has 1 amide bonds. The molecule has 1 N–H and O–H groups in total. The molecule has 0 saturated carbocycles. The lowest BCUT2D eigenvalue weighted by Gasteiger charge is -2.45. The Labute approximate surface area is 150 Å². The smallest absolute Gasteiger partial charge is 0.258 e. The van der Waals surface area contributed by atoms with Gasteiger partial charge in [-0.3, -0.25) is 4.79 Å². The molecule has 0 saturated heterocycles. The van der Waals surface area contributed by atoms with Crippen LogP contribution in [0, 0.1) is 0 Å². The van der Waals surface area contributed by atoms with Crippen molar-refractivity contribution in [1.29, 1.82) is 0 Å². The van der Waals surface area contributed by atoms with Crippen LogP contribution in [0.5, 0.6) is 5.75 Å². The molecule has 0 radical (unpaired) electrons. The minimum Gasteiger partial charge on any atom is -0.497 e. The van der Waals surface area contributed by atoms with Gasteiger partial charge in [0.25, 0.3) is 5.91 Å². The number of anilines is 1. The number of rotatable bonds is 1. The number of hydrogen-bond donors (Lipinski definition) is 1. The van der Waals surface area contributed by atoms with E-state index in [-0.39, 0.29) is 5.91 Å². The molecule has 7 nitrogen and oxygen atoms in total. The third kappa shape index (κ3) is 1.85. The molecule has 0 aliphatic carbocycles. The first-order valence-electron chi connectivity index (χ1n) is 8.39. The monoisotopic (exact) mass is 347 g/mol. The largest absolute Gasteiger partial charge is 0.497 e. The fourth-order valence-electron chi connectivity index (χ4n) is 3.86. The summed E-state index contributed by atoms with van der Waals surface area (Å²) in [5.41, 5.74) is 3.42. The van der Waals surface area contributed by atoms with E-state index in [1.54, 1.807) is 30.1 Å². The summed E-state index contributed by atoms with van der Waals surface area (Å²) >= 11 is 0. The molecule has 7 heteroatoms. The molecular weight excluding hydrogens is 330 g/mol. The van der Waals surface area contributed by atoms with Crippen LogP contribution >= 0.6 is 0 Å². The quantitative estimate of drug-likeness (QED) is 0.732. The van der Waals surface area contributed by atoms with E-state index in [1.165, 1.54) is 0 Å². The molecule has 0 fully saturated rings. The molecule has 0 spiro atoms. The van der Waals surface area contributed by atoms with Crippen molar-refractivity contribution in [3.05, 3.63) is 65.5 Å². The summed E-state index contributed by atoms with van der Waals surface area (Å²) in [6.45, 7) is 2.43. The van der Waals surface area contributed by atoms with Crippen LogP contribution in [0.15, 0.2) is 48.7 Å². The van der Waals surface area contributed by atoms with E-state index in [4.69, 9.17) is 4.74 Å². The van der Waals surface area contributed by atoms with Crippen molar-refractivity contribution in [2.24, 2.45) is 0 Å². The van der Waals surface area contributed by atoms with Crippen LogP contribution in [0.25, 0.3) is 5.69 Å². The van der Waals surface area contributed by atoms with E-state index in [0.717, 1.165) is 22.6 Å². The molecule has 3 aromatic rings. The van der Waals surface area contributed by atoms with E-state index < -0.39 is 5.66 Å². The van der Waals surface area contributed by atoms with Gasteiger partial charge in [0.05, 0.1) is 42.5 Å². The van der Waals surface area contributed by atoms with Gasteiger partial charge in [-0.15, -0.1) is 5.10 Å². The molecule has 5 rings (SSSR count). The molecule has 0 bridgehead atoms. The predicted molar refractivity (Wildman–Crippen MR) is 95.2 cm³/mol. The first-order chi connectivity index (χ1) is 12.6. The number of para-hydroxylation sites is 1. The minimum absolute atomic E-state index is 0.0339. The summed E-state index contributed by atoms with van der Waals surface area (Å²) in [7, 11) is 1.62. The second-order valence-electron chi connectivity index (χ2n) is 6.65. The van der Waals surface area contributed by atoms with Crippen molar-refractivity contribution in [2.75, 3.05) is 12.4 Å². The van der Waals surface area contributed by atoms with Crippen molar-refractivity contribution in [3.8, 4) is 11.4 Å². The number of aromatic nitrogens is 3. The number of methoxy groups -OCH3 is 1. The van der Waals surface area contributed by atoms with Crippen LogP contribution in [-0.4, -0.2) is 32.9 Å². The molecule has 1 atom stereocenters. The molecule has 2 aliphatic rings. The van der Waals surface area contributed by atoms with Gasteiger partial charge in [0.2, 0.25) is 0 Å². The molecule has 2 aromatic carbocycles. The van der Waals surface area contributed by atoms with Gasteiger partial charge in [-0.25, -0.2) is 4.68 Å². The van der Waals surface area contributed by atoms with E-state index >= 15 is 0 Å². The fourth-order valence-corrected chi connectivity index (χ4v) is 3.86. The van der Waals surface area contributed by atoms with Crippen LogP contribution in [0.2, 0.25) is 0 Å². The summed E-state index contributed by atoms with van der Waals surface area (Å²) in [5.74, 6) is 0.675. The zero-order chi connectivity index (χ0) is 17.9. The maximum atomic E-state index is 13.3. The standard InChI is InChI=1S/C19H17N5O2/c1-19-15-5-3-4-6-17(15)24-12(10-20-22-24)11-23(19)18(25)14-8-7-13(26-2)9-16(14)21-19/h3-10,21H,11H2,1-2H3. The molecule has 1 aromatic heterocycles. The number of benzene rings is 2. The number of carbonyl (C=O) groups is 1. The first kappa shape index (κ1) is 14.9. The van der Waals surface area contributed by atoms with Crippen molar-refractivity contribution in [2.45, 2.75) is 19.1 Å². The normalized spacial score (nSPS) is 20.2. The Hall–Kier alpha value is -3.35. The Bertz CT molecular complexity index is 1040. The fraction of sp³-hybridized carbons (Fsp3) is 0.211. The average Bonchev–Trinajstić information content (AvgIpc) is 3.09. The number of hydrogen-bond acceptors (Lipinski definition) is 5. The number of carbonyl (C=O) groups excluding carboxylic acids is 1. The van der Waals surface area contributed by atoms with Gasteiger partial charge >= 0.3 is 0 Å². The average molecular weight is 347 g/mol. The van der Waals surface area contributed by atoms with Crippen molar-refractivity contribution < 1.29 is 9.53 Å². The second kappa shape index (κ2) is 5.08. The number of nitrogens with zero attached hydrogens (tertiary/aromatic N) is 4.